The van der Waals surface area contributed by atoms with Crippen molar-refractivity contribution in [3.8, 4) is 5.75 Å². The molecule has 0 heterocycles. The summed E-state index contributed by atoms with van der Waals surface area (Å²) in [5.74, 6) is -0.501. The Balaban J connectivity index is 3.44. The van der Waals surface area contributed by atoms with E-state index in [1.165, 1.54) is 0 Å². The molecule has 1 aromatic carbocycles. The Morgan fingerprint density at radius 3 is 2.24 bits per heavy atom. The average Bonchev–Trinajstić information content (AvgIpc) is 2.18. The summed E-state index contributed by atoms with van der Waals surface area (Å²) in [6, 6.07) is 3.47. The van der Waals surface area contributed by atoms with Gasteiger partial charge in [-0.3, -0.25) is 4.79 Å². The van der Waals surface area contributed by atoms with Gasteiger partial charge in [0.15, 0.2) is 10.6 Å². The molecule has 0 amide bonds. The zero-order valence-corrected chi connectivity index (χ0v) is 11.9. The number of Topliss-reactive ketones (excluding diaryl/α,β-unsaturated/α-hetero) is 1. The number of carbonyl (C=O) groups is 1. The van der Waals surface area contributed by atoms with Gasteiger partial charge >= 0.3 is 0 Å². The Labute approximate surface area is 112 Å². The molecular formula is C13H16Cl2O2. The predicted octanol–water partition coefficient (Wildman–Crippen LogP) is 3.98. The second kappa shape index (κ2) is 4.87. The lowest BCUT2D eigenvalue weighted by Gasteiger charge is -2.22. The molecule has 2 nitrogen and oxygen atoms in total. The van der Waals surface area contributed by atoms with E-state index in [4.69, 9.17) is 23.2 Å². The van der Waals surface area contributed by atoms with E-state index < -0.39 is 10.6 Å². The maximum atomic E-state index is 11.8. The van der Waals surface area contributed by atoms with Crippen LogP contribution in [0.1, 0.15) is 42.3 Å². The van der Waals surface area contributed by atoms with Crippen LogP contribution in [0.3, 0.4) is 0 Å². The highest BCUT2D eigenvalue weighted by atomic mass is 35.5. The predicted molar refractivity (Wildman–Crippen MR) is 71.4 cm³/mol. The van der Waals surface area contributed by atoms with E-state index in [0.29, 0.717) is 0 Å². The van der Waals surface area contributed by atoms with Crippen LogP contribution < -0.4 is 0 Å². The maximum Gasteiger partial charge on any atom is 0.199 e. The van der Waals surface area contributed by atoms with E-state index in [1.54, 1.807) is 6.07 Å². The first-order valence-corrected chi connectivity index (χ1v) is 6.18. The molecule has 0 aliphatic rings. The first-order chi connectivity index (χ1) is 7.64. The highest BCUT2D eigenvalue weighted by Gasteiger charge is 2.25. The Kier molecular flexibility index (Phi) is 4.11. The largest absolute Gasteiger partial charge is 0.507 e. The first-order valence-electron chi connectivity index (χ1n) is 5.31. The van der Waals surface area contributed by atoms with Gasteiger partial charge in [0.05, 0.1) is 5.56 Å². The molecule has 1 aromatic rings. The van der Waals surface area contributed by atoms with Crippen molar-refractivity contribution in [2.45, 2.75) is 37.9 Å². The van der Waals surface area contributed by atoms with Crippen LogP contribution in [-0.2, 0) is 5.41 Å². The van der Waals surface area contributed by atoms with Crippen molar-refractivity contribution >= 4 is 29.0 Å². The van der Waals surface area contributed by atoms with Crippen molar-refractivity contribution in [2.24, 2.45) is 0 Å². The van der Waals surface area contributed by atoms with Crippen molar-refractivity contribution < 1.29 is 9.90 Å². The smallest absolute Gasteiger partial charge is 0.199 e. The van der Waals surface area contributed by atoms with Gasteiger partial charge in [0.25, 0.3) is 0 Å². The molecule has 17 heavy (non-hydrogen) atoms. The number of benzene rings is 1. The molecule has 0 fully saturated rings. The molecular weight excluding hydrogens is 259 g/mol. The SMILES string of the molecule is Cc1cc(C(=O)C(Cl)Cl)c(O)c(C(C)(C)C)c1. The molecule has 0 radical (unpaired) electrons. The summed E-state index contributed by atoms with van der Waals surface area (Å²) in [5.41, 5.74) is 1.55. The number of halogens is 2. The van der Waals surface area contributed by atoms with Crippen molar-refractivity contribution in [3.63, 3.8) is 0 Å². The molecule has 0 saturated carbocycles. The van der Waals surface area contributed by atoms with Crippen molar-refractivity contribution in [1.29, 1.82) is 0 Å². The standard InChI is InChI=1S/C13H16Cl2O2/c1-7-5-8(11(17)12(14)15)10(16)9(6-7)13(2,3)4/h5-6,12,16H,1-4H3. The maximum absolute atomic E-state index is 11.8. The third kappa shape index (κ3) is 3.14. The van der Waals surface area contributed by atoms with E-state index in [1.807, 2.05) is 33.8 Å². The summed E-state index contributed by atoms with van der Waals surface area (Å²) in [5, 5.41) is 10.1. The third-order valence-corrected chi connectivity index (χ3v) is 2.92. The molecule has 0 aromatic heterocycles. The van der Waals surface area contributed by atoms with Crippen molar-refractivity contribution in [2.75, 3.05) is 0 Å². The molecule has 1 rings (SSSR count). The van der Waals surface area contributed by atoms with Crippen LogP contribution in [0.25, 0.3) is 0 Å². The number of hydrogen-bond acceptors (Lipinski definition) is 2. The number of phenolic OH excluding ortho intramolecular Hbond substituents is 1. The number of phenols is 1. The van der Waals surface area contributed by atoms with Gasteiger partial charge in [0.2, 0.25) is 0 Å². The quantitative estimate of drug-likeness (QED) is 0.654. The fourth-order valence-corrected chi connectivity index (χ4v) is 1.89. The summed E-state index contributed by atoms with van der Waals surface area (Å²) >= 11 is 11.1. The summed E-state index contributed by atoms with van der Waals surface area (Å²) in [6.07, 6.45) is 0. The second-order valence-electron chi connectivity index (χ2n) is 5.12. The molecule has 0 saturated heterocycles. The summed E-state index contributed by atoms with van der Waals surface area (Å²) in [4.78, 5) is 10.6. The highest BCUT2D eigenvalue weighted by molar-refractivity contribution is 6.55. The summed E-state index contributed by atoms with van der Waals surface area (Å²) in [6.45, 7) is 7.76. The van der Waals surface area contributed by atoms with Crippen molar-refractivity contribution in [3.05, 3.63) is 28.8 Å². The van der Waals surface area contributed by atoms with Gasteiger partial charge in [-0.05, 0) is 24.0 Å². The monoisotopic (exact) mass is 274 g/mol. The van der Waals surface area contributed by atoms with E-state index in [9.17, 15) is 9.90 Å². The summed E-state index contributed by atoms with van der Waals surface area (Å²) < 4.78 is 0. The van der Waals surface area contributed by atoms with Gasteiger partial charge in [0, 0.05) is 5.56 Å². The summed E-state index contributed by atoms with van der Waals surface area (Å²) in [7, 11) is 0. The van der Waals surface area contributed by atoms with Crippen LogP contribution in [0.2, 0.25) is 0 Å². The van der Waals surface area contributed by atoms with Crippen LogP contribution in [-0.4, -0.2) is 15.7 Å². The minimum Gasteiger partial charge on any atom is -0.507 e. The van der Waals surface area contributed by atoms with E-state index in [2.05, 4.69) is 0 Å². The van der Waals surface area contributed by atoms with Crippen LogP contribution in [0, 0.1) is 6.92 Å². The average molecular weight is 275 g/mol. The fourth-order valence-electron chi connectivity index (χ4n) is 1.66. The van der Waals surface area contributed by atoms with Crippen LogP contribution in [0.5, 0.6) is 5.75 Å². The molecule has 0 spiro atoms. The molecule has 0 aliphatic heterocycles. The lowest BCUT2D eigenvalue weighted by molar-refractivity contribution is 0.100. The first kappa shape index (κ1) is 14.3. The molecule has 0 unspecified atom stereocenters. The van der Waals surface area contributed by atoms with Gasteiger partial charge in [-0.2, -0.15) is 0 Å². The second-order valence-corrected chi connectivity index (χ2v) is 6.22. The van der Waals surface area contributed by atoms with E-state index in [-0.39, 0.29) is 16.7 Å². The molecule has 0 aliphatic carbocycles. The zero-order valence-electron chi connectivity index (χ0n) is 10.3. The number of hydrogen-bond donors (Lipinski definition) is 1. The van der Waals surface area contributed by atoms with Crippen LogP contribution in [0.4, 0.5) is 0 Å². The Hall–Kier alpha value is -0.730. The molecule has 4 heteroatoms. The number of rotatable bonds is 2. The lowest BCUT2D eigenvalue weighted by Crippen LogP contribution is -2.15. The molecule has 94 valence electrons. The Morgan fingerprint density at radius 2 is 1.82 bits per heavy atom. The van der Waals surface area contributed by atoms with Gasteiger partial charge in [0.1, 0.15) is 5.75 Å². The lowest BCUT2D eigenvalue weighted by atomic mass is 9.83. The van der Waals surface area contributed by atoms with Crippen LogP contribution >= 0.6 is 23.2 Å². The van der Waals surface area contributed by atoms with Gasteiger partial charge in [-0.15, -0.1) is 0 Å². The van der Waals surface area contributed by atoms with Gasteiger partial charge < -0.3 is 5.11 Å². The zero-order chi connectivity index (χ0) is 13.4. The minimum absolute atomic E-state index is 0.0283. The van der Waals surface area contributed by atoms with Gasteiger partial charge in [-0.1, -0.05) is 50.0 Å². The van der Waals surface area contributed by atoms with E-state index >= 15 is 0 Å². The number of alkyl halides is 2. The molecule has 1 N–H and O–H groups in total. The molecule has 0 atom stereocenters. The Morgan fingerprint density at radius 1 is 1.29 bits per heavy atom. The topological polar surface area (TPSA) is 37.3 Å². The minimum atomic E-state index is -1.16. The number of ketones is 1. The number of aryl methyl sites for hydroxylation is 1. The van der Waals surface area contributed by atoms with Crippen LogP contribution in [0.15, 0.2) is 12.1 Å². The van der Waals surface area contributed by atoms with E-state index in [0.717, 1.165) is 11.1 Å². The molecule has 0 bridgehead atoms. The fraction of sp³-hybridized carbons (Fsp3) is 0.462. The normalized spacial score (nSPS) is 11.9. The number of carbonyl (C=O) groups excluding carboxylic acids is 1. The van der Waals surface area contributed by atoms with Gasteiger partial charge in [-0.25, -0.2) is 0 Å². The van der Waals surface area contributed by atoms with Crippen molar-refractivity contribution in [1.82, 2.24) is 0 Å². The highest BCUT2D eigenvalue weighted by Crippen LogP contribution is 2.35. The number of aromatic hydroxyl groups is 1. The Bertz CT molecular complexity index is 445. The third-order valence-electron chi connectivity index (χ3n) is 2.53.